The highest BCUT2D eigenvalue weighted by Crippen LogP contribution is 2.36. The molecule has 83 valence electrons. The maximum Gasteiger partial charge on any atom is 0.126 e. The Hall–Kier alpha value is -0.763. The van der Waals surface area contributed by atoms with Crippen molar-refractivity contribution >= 4 is 13.3 Å². The third-order valence-electron chi connectivity index (χ3n) is 3.57. The van der Waals surface area contributed by atoms with Crippen LogP contribution in [0.5, 0.6) is 5.75 Å². The number of benzene rings is 1. The first-order chi connectivity index (χ1) is 6.80. The van der Waals surface area contributed by atoms with Gasteiger partial charge in [0, 0.05) is 6.07 Å². The lowest BCUT2D eigenvalue weighted by atomic mass is 10.2. The molecule has 2 heteroatoms. The molecule has 0 unspecified atom stereocenters. The normalized spacial score (nSPS) is 12.7. The van der Waals surface area contributed by atoms with E-state index in [0.29, 0.717) is 5.04 Å². The quantitative estimate of drug-likeness (QED) is 0.697. The zero-order valence-electron chi connectivity index (χ0n) is 10.6. The van der Waals surface area contributed by atoms with Crippen LogP contribution >= 0.6 is 0 Å². The van der Waals surface area contributed by atoms with Gasteiger partial charge in [-0.05, 0) is 10.2 Å². The van der Waals surface area contributed by atoms with Gasteiger partial charge in [0.15, 0.2) is 0 Å². The number of hydrogen-bond donors (Lipinski definition) is 0. The van der Waals surface area contributed by atoms with Crippen molar-refractivity contribution in [1.29, 1.82) is 0 Å². The molecule has 0 aliphatic heterocycles. The van der Waals surface area contributed by atoms with Crippen molar-refractivity contribution in [2.75, 3.05) is 7.11 Å². The van der Waals surface area contributed by atoms with Crippen LogP contribution in [0.3, 0.4) is 0 Å². The molecule has 1 rings (SSSR count). The van der Waals surface area contributed by atoms with Gasteiger partial charge in [-0.25, -0.2) is 0 Å². The van der Waals surface area contributed by atoms with Crippen LogP contribution in [0.15, 0.2) is 18.2 Å². The summed E-state index contributed by atoms with van der Waals surface area (Å²) in [6, 6.07) is 9.33. The maximum atomic E-state index is 5.41. The summed E-state index contributed by atoms with van der Waals surface area (Å²) in [6.07, 6.45) is 0. The maximum absolute atomic E-state index is 5.41. The SMILES string of the molecule is COc1[c]cccc1[Si](C)(C)C(C)(C)C. The summed E-state index contributed by atoms with van der Waals surface area (Å²) >= 11 is 0. The van der Waals surface area contributed by atoms with E-state index in [2.05, 4.69) is 52.1 Å². The average molecular weight is 221 g/mol. The van der Waals surface area contributed by atoms with Crippen molar-refractivity contribution in [2.24, 2.45) is 0 Å². The number of methoxy groups -OCH3 is 1. The monoisotopic (exact) mass is 221 g/mol. The Morgan fingerprint density at radius 1 is 1.27 bits per heavy atom. The van der Waals surface area contributed by atoms with Crippen LogP contribution in [-0.2, 0) is 0 Å². The van der Waals surface area contributed by atoms with E-state index >= 15 is 0 Å². The Morgan fingerprint density at radius 3 is 2.33 bits per heavy atom. The molecule has 0 heterocycles. The van der Waals surface area contributed by atoms with Crippen LogP contribution < -0.4 is 9.92 Å². The zero-order valence-corrected chi connectivity index (χ0v) is 11.6. The van der Waals surface area contributed by atoms with Crippen LogP contribution in [0.25, 0.3) is 0 Å². The molecule has 1 aromatic rings. The third-order valence-corrected chi connectivity index (χ3v) is 9.06. The van der Waals surface area contributed by atoms with Gasteiger partial charge in [0.1, 0.15) is 5.75 Å². The molecule has 1 radical (unpaired) electrons. The van der Waals surface area contributed by atoms with Gasteiger partial charge in [-0.3, -0.25) is 0 Å². The molecular weight excluding hydrogens is 200 g/mol. The first kappa shape index (κ1) is 12.3. The van der Waals surface area contributed by atoms with Gasteiger partial charge in [-0.1, -0.05) is 52.1 Å². The molecule has 0 atom stereocenters. The second kappa shape index (κ2) is 4.01. The highest BCUT2D eigenvalue weighted by Gasteiger charge is 2.38. The van der Waals surface area contributed by atoms with Crippen LogP contribution in [0, 0.1) is 6.07 Å². The average Bonchev–Trinajstić information content (AvgIpc) is 2.16. The first-order valence-electron chi connectivity index (χ1n) is 5.36. The molecule has 0 fully saturated rings. The minimum atomic E-state index is -1.50. The topological polar surface area (TPSA) is 9.23 Å². The van der Waals surface area contributed by atoms with Crippen molar-refractivity contribution in [2.45, 2.75) is 38.9 Å². The Bertz CT molecular complexity index is 337. The van der Waals surface area contributed by atoms with Gasteiger partial charge in [0.2, 0.25) is 0 Å². The zero-order chi connectivity index (χ0) is 11.7. The summed E-state index contributed by atoms with van der Waals surface area (Å²) in [5.41, 5.74) is 0. The first-order valence-corrected chi connectivity index (χ1v) is 8.36. The van der Waals surface area contributed by atoms with E-state index in [1.165, 1.54) is 5.19 Å². The second-order valence-corrected chi connectivity index (χ2v) is 10.8. The fraction of sp³-hybridized carbons (Fsp3) is 0.538. The smallest absolute Gasteiger partial charge is 0.126 e. The number of ether oxygens (including phenoxy) is 1. The number of para-hydroxylation sites is 1. The Labute approximate surface area is 94.5 Å². The molecule has 0 aliphatic carbocycles. The van der Waals surface area contributed by atoms with Gasteiger partial charge >= 0.3 is 0 Å². The van der Waals surface area contributed by atoms with Crippen LogP contribution in [0.2, 0.25) is 18.1 Å². The molecule has 0 saturated carbocycles. The Kier molecular flexibility index (Phi) is 3.29. The predicted molar refractivity (Wildman–Crippen MR) is 68.7 cm³/mol. The summed E-state index contributed by atoms with van der Waals surface area (Å²) < 4.78 is 5.41. The second-order valence-electron chi connectivity index (χ2n) is 5.49. The predicted octanol–water partition coefficient (Wildman–Crippen LogP) is 3.21. The molecular formula is C13H21OSi. The minimum absolute atomic E-state index is 0.329. The van der Waals surface area contributed by atoms with E-state index in [1.54, 1.807) is 7.11 Å². The molecule has 1 aromatic carbocycles. The van der Waals surface area contributed by atoms with Gasteiger partial charge in [0.05, 0.1) is 15.2 Å². The fourth-order valence-corrected chi connectivity index (χ4v) is 3.55. The summed E-state index contributed by atoms with van der Waals surface area (Å²) in [4.78, 5) is 0. The molecule has 0 aliphatic rings. The number of hydrogen-bond acceptors (Lipinski definition) is 1. The van der Waals surface area contributed by atoms with Gasteiger partial charge < -0.3 is 4.74 Å². The molecule has 0 N–H and O–H groups in total. The van der Waals surface area contributed by atoms with E-state index in [0.717, 1.165) is 5.75 Å². The van der Waals surface area contributed by atoms with Gasteiger partial charge in [-0.15, -0.1) is 0 Å². The fourth-order valence-electron chi connectivity index (χ4n) is 1.49. The molecule has 0 amide bonds. The Balaban J connectivity index is 3.26. The van der Waals surface area contributed by atoms with Crippen molar-refractivity contribution in [1.82, 2.24) is 0 Å². The molecule has 0 aromatic heterocycles. The molecule has 0 saturated heterocycles. The standard InChI is InChI=1S/C13H21OSi/c1-13(2,3)15(5,6)12-10-8-7-9-11(12)14-4/h7-8,10H,1-6H3. The van der Waals surface area contributed by atoms with Gasteiger partial charge in [-0.2, -0.15) is 0 Å². The van der Waals surface area contributed by atoms with Crippen molar-refractivity contribution < 1.29 is 4.74 Å². The minimum Gasteiger partial charge on any atom is -0.496 e. The van der Waals surface area contributed by atoms with Crippen molar-refractivity contribution in [3.8, 4) is 5.75 Å². The van der Waals surface area contributed by atoms with Crippen LogP contribution in [0.1, 0.15) is 20.8 Å². The molecule has 15 heavy (non-hydrogen) atoms. The highest BCUT2D eigenvalue weighted by molar-refractivity contribution is 6.92. The molecule has 1 nitrogen and oxygen atoms in total. The highest BCUT2D eigenvalue weighted by atomic mass is 28.3. The molecule has 0 spiro atoms. The lowest BCUT2D eigenvalue weighted by Crippen LogP contribution is -2.49. The van der Waals surface area contributed by atoms with E-state index in [-0.39, 0.29) is 0 Å². The van der Waals surface area contributed by atoms with E-state index in [1.807, 2.05) is 6.07 Å². The van der Waals surface area contributed by atoms with E-state index in [4.69, 9.17) is 4.74 Å². The van der Waals surface area contributed by atoms with Crippen LogP contribution in [-0.4, -0.2) is 15.2 Å². The number of rotatable bonds is 2. The summed E-state index contributed by atoms with van der Waals surface area (Å²) in [5, 5.41) is 1.69. The van der Waals surface area contributed by atoms with E-state index < -0.39 is 8.07 Å². The summed E-state index contributed by atoms with van der Waals surface area (Å²) in [7, 11) is 0.222. The summed E-state index contributed by atoms with van der Waals surface area (Å²) in [5.74, 6) is 0.920. The van der Waals surface area contributed by atoms with Gasteiger partial charge in [0.25, 0.3) is 0 Å². The third kappa shape index (κ3) is 2.25. The van der Waals surface area contributed by atoms with Crippen LogP contribution in [0.4, 0.5) is 0 Å². The lowest BCUT2D eigenvalue weighted by molar-refractivity contribution is 0.416. The van der Waals surface area contributed by atoms with Crippen molar-refractivity contribution in [3.63, 3.8) is 0 Å². The van der Waals surface area contributed by atoms with E-state index in [9.17, 15) is 0 Å². The molecule has 0 bridgehead atoms. The lowest BCUT2D eigenvalue weighted by Gasteiger charge is -2.38. The Morgan fingerprint density at radius 2 is 1.87 bits per heavy atom. The largest absolute Gasteiger partial charge is 0.496 e. The summed E-state index contributed by atoms with van der Waals surface area (Å²) in [6.45, 7) is 11.7. The van der Waals surface area contributed by atoms with Crippen molar-refractivity contribution in [3.05, 3.63) is 24.3 Å².